The Morgan fingerprint density at radius 2 is 1.84 bits per heavy atom. The molecule has 2 aliphatic heterocycles. The Labute approximate surface area is 146 Å². The highest BCUT2D eigenvalue weighted by Crippen LogP contribution is 2.37. The molecule has 7 heteroatoms. The third-order valence-corrected chi connectivity index (χ3v) is 5.65. The molecule has 2 heterocycles. The minimum atomic E-state index is -0.804. The summed E-state index contributed by atoms with van der Waals surface area (Å²) in [5, 5.41) is 12.1. The predicted molar refractivity (Wildman–Crippen MR) is 90.2 cm³/mol. The highest BCUT2D eigenvalue weighted by atomic mass is 16.5. The number of benzene rings is 1. The van der Waals surface area contributed by atoms with Crippen molar-refractivity contribution in [1.82, 2.24) is 15.1 Å². The lowest BCUT2D eigenvalue weighted by Crippen LogP contribution is -2.59. The van der Waals surface area contributed by atoms with Gasteiger partial charge in [-0.05, 0) is 24.8 Å². The first kappa shape index (κ1) is 16.2. The molecule has 0 unspecified atom stereocenters. The van der Waals surface area contributed by atoms with Crippen molar-refractivity contribution >= 4 is 12.2 Å². The number of likely N-dealkylation sites (tertiary alicyclic amines) is 2. The van der Waals surface area contributed by atoms with Crippen molar-refractivity contribution in [3.8, 4) is 0 Å². The molecule has 0 aromatic heterocycles. The summed E-state index contributed by atoms with van der Waals surface area (Å²) in [6.07, 6.45) is 1.60. The first-order valence-corrected chi connectivity index (χ1v) is 8.82. The number of carbonyl (C=O) groups is 2. The highest BCUT2D eigenvalue weighted by Gasteiger charge is 2.50. The van der Waals surface area contributed by atoms with Crippen molar-refractivity contribution in [3.05, 3.63) is 35.9 Å². The smallest absolute Gasteiger partial charge is 0.407 e. The Balaban J connectivity index is 1.18. The molecule has 1 aromatic rings. The molecule has 2 N–H and O–H groups in total. The van der Waals surface area contributed by atoms with Crippen LogP contribution in [0.4, 0.5) is 9.59 Å². The van der Waals surface area contributed by atoms with Gasteiger partial charge < -0.3 is 20.1 Å². The summed E-state index contributed by atoms with van der Waals surface area (Å²) in [6.45, 7) is 1.73. The van der Waals surface area contributed by atoms with Gasteiger partial charge in [-0.2, -0.15) is 0 Å². The molecule has 2 saturated heterocycles. The third-order valence-electron chi connectivity index (χ3n) is 5.65. The van der Waals surface area contributed by atoms with E-state index in [1.807, 2.05) is 30.3 Å². The van der Waals surface area contributed by atoms with E-state index in [9.17, 15) is 9.59 Å². The van der Waals surface area contributed by atoms with Crippen LogP contribution in [0.3, 0.4) is 0 Å². The van der Waals surface area contributed by atoms with Gasteiger partial charge >= 0.3 is 12.2 Å². The van der Waals surface area contributed by atoms with Gasteiger partial charge in [-0.15, -0.1) is 0 Å². The molecule has 25 heavy (non-hydrogen) atoms. The van der Waals surface area contributed by atoms with E-state index in [4.69, 9.17) is 9.84 Å². The fourth-order valence-electron chi connectivity index (χ4n) is 4.29. The maximum atomic E-state index is 11.9. The molecule has 0 spiro atoms. The lowest BCUT2D eigenvalue weighted by molar-refractivity contribution is 0.0391. The maximum Gasteiger partial charge on any atom is 0.407 e. The van der Waals surface area contributed by atoms with Crippen molar-refractivity contribution < 1.29 is 19.4 Å². The molecule has 4 rings (SSSR count). The van der Waals surface area contributed by atoms with E-state index in [0.717, 1.165) is 31.4 Å². The van der Waals surface area contributed by atoms with Gasteiger partial charge in [0, 0.05) is 37.3 Å². The zero-order chi connectivity index (χ0) is 17.4. The van der Waals surface area contributed by atoms with Gasteiger partial charge in [0.05, 0.1) is 0 Å². The lowest BCUT2D eigenvalue weighted by atomic mass is 9.85. The summed E-state index contributed by atoms with van der Waals surface area (Å²) in [5.41, 5.74) is 0.972. The van der Waals surface area contributed by atoms with Gasteiger partial charge in [0.25, 0.3) is 0 Å². The standard InChI is InChI=1S/C18H23N3O4/c22-17(25-11-12-4-2-1-3-5-12)19-13-6-14(7-13)20-9-16-8-15(20)10-21(16)18(23)24/h1-5,13-16H,6-11H2,(H,19,22)(H,23,24)/t13?,14?,15-,16-/m0/s1. The topological polar surface area (TPSA) is 82.1 Å². The number of nitrogens with one attached hydrogen (secondary N) is 1. The third kappa shape index (κ3) is 3.28. The number of fused-ring (bicyclic) bond motifs is 2. The van der Waals surface area contributed by atoms with Crippen LogP contribution in [0.25, 0.3) is 0 Å². The van der Waals surface area contributed by atoms with Crippen LogP contribution >= 0.6 is 0 Å². The number of carbonyl (C=O) groups excluding carboxylic acids is 1. The van der Waals surface area contributed by atoms with Gasteiger partial charge in [-0.25, -0.2) is 9.59 Å². The SMILES string of the molecule is O=C(NC1CC(N2C[C@@H]3C[C@H]2CN3C(=O)O)C1)OCc1ccccc1. The molecule has 1 saturated carbocycles. The molecule has 0 radical (unpaired) electrons. The van der Waals surface area contributed by atoms with Crippen molar-refractivity contribution in [2.45, 2.75) is 50.0 Å². The molecular formula is C18H23N3O4. The fraction of sp³-hybridized carbons (Fsp3) is 0.556. The summed E-state index contributed by atoms with van der Waals surface area (Å²) < 4.78 is 5.25. The van der Waals surface area contributed by atoms with Gasteiger partial charge in [0.1, 0.15) is 6.61 Å². The summed E-state index contributed by atoms with van der Waals surface area (Å²) >= 11 is 0. The maximum absolute atomic E-state index is 11.9. The van der Waals surface area contributed by atoms with Gasteiger partial charge in [0.2, 0.25) is 0 Å². The normalized spacial score (nSPS) is 30.8. The van der Waals surface area contributed by atoms with Crippen molar-refractivity contribution in [2.24, 2.45) is 0 Å². The average Bonchev–Trinajstić information content (AvgIpc) is 3.17. The Hall–Kier alpha value is -2.28. The lowest BCUT2D eigenvalue weighted by Gasteiger charge is -2.45. The average molecular weight is 345 g/mol. The largest absolute Gasteiger partial charge is 0.465 e. The van der Waals surface area contributed by atoms with Crippen LogP contribution in [0, 0.1) is 0 Å². The van der Waals surface area contributed by atoms with Crippen LogP contribution in [0.15, 0.2) is 30.3 Å². The molecule has 1 aliphatic carbocycles. The number of hydrogen-bond donors (Lipinski definition) is 2. The van der Waals surface area contributed by atoms with Crippen LogP contribution in [-0.4, -0.2) is 64.3 Å². The van der Waals surface area contributed by atoms with E-state index in [-0.39, 0.29) is 24.8 Å². The van der Waals surface area contributed by atoms with Crippen molar-refractivity contribution in [1.29, 1.82) is 0 Å². The number of hydrogen-bond acceptors (Lipinski definition) is 4. The molecule has 1 aromatic carbocycles. The zero-order valence-electron chi connectivity index (χ0n) is 14.0. The van der Waals surface area contributed by atoms with E-state index in [1.165, 1.54) is 0 Å². The predicted octanol–water partition coefficient (Wildman–Crippen LogP) is 1.88. The van der Waals surface area contributed by atoms with Crippen molar-refractivity contribution in [2.75, 3.05) is 13.1 Å². The van der Waals surface area contributed by atoms with Gasteiger partial charge in [0.15, 0.2) is 0 Å². The van der Waals surface area contributed by atoms with E-state index in [1.54, 1.807) is 4.90 Å². The molecule has 134 valence electrons. The molecule has 2 bridgehead atoms. The highest BCUT2D eigenvalue weighted by molar-refractivity contribution is 5.68. The van der Waals surface area contributed by atoms with Crippen LogP contribution < -0.4 is 5.32 Å². The summed E-state index contributed by atoms with van der Waals surface area (Å²) in [6, 6.07) is 10.7. The Bertz CT molecular complexity index is 647. The second kappa shape index (κ2) is 6.55. The molecule has 7 nitrogen and oxygen atoms in total. The van der Waals surface area contributed by atoms with E-state index < -0.39 is 6.09 Å². The zero-order valence-corrected chi connectivity index (χ0v) is 14.0. The number of ether oxygens (including phenoxy) is 1. The second-order valence-electron chi connectivity index (χ2n) is 7.20. The van der Waals surface area contributed by atoms with Crippen molar-refractivity contribution in [3.63, 3.8) is 0 Å². The molecule has 2 amide bonds. The number of nitrogens with zero attached hydrogens (tertiary/aromatic N) is 2. The fourth-order valence-corrected chi connectivity index (χ4v) is 4.29. The number of piperazine rings is 1. The van der Waals surface area contributed by atoms with E-state index in [0.29, 0.717) is 18.6 Å². The molecule has 3 aliphatic rings. The van der Waals surface area contributed by atoms with Crippen LogP contribution in [-0.2, 0) is 11.3 Å². The van der Waals surface area contributed by atoms with E-state index >= 15 is 0 Å². The van der Waals surface area contributed by atoms with Crippen LogP contribution in [0.1, 0.15) is 24.8 Å². The monoisotopic (exact) mass is 345 g/mol. The summed E-state index contributed by atoms with van der Waals surface area (Å²) in [4.78, 5) is 27.0. The Morgan fingerprint density at radius 1 is 1.08 bits per heavy atom. The van der Waals surface area contributed by atoms with Crippen LogP contribution in [0.2, 0.25) is 0 Å². The number of alkyl carbamates (subject to hydrolysis) is 1. The van der Waals surface area contributed by atoms with Gasteiger partial charge in [-0.1, -0.05) is 30.3 Å². The minimum absolute atomic E-state index is 0.144. The minimum Gasteiger partial charge on any atom is -0.465 e. The number of amides is 2. The first-order valence-electron chi connectivity index (χ1n) is 8.82. The quantitative estimate of drug-likeness (QED) is 0.871. The Kier molecular flexibility index (Phi) is 4.25. The summed E-state index contributed by atoms with van der Waals surface area (Å²) in [5.74, 6) is 0. The first-order chi connectivity index (χ1) is 12.1. The number of rotatable bonds is 4. The molecule has 3 fully saturated rings. The second-order valence-corrected chi connectivity index (χ2v) is 7.20. The van der Waals surface area contributed by atoms with Gasteiger partial charge in [-0.3, -0.25) is 4.90 Å². The van der Waals surface area contributed by atoms with Crippen LogP contribution in [0.5, 0.6) is 0 Å². The van der Waals surface area contributed by atoms with E-state index in [2.05, 4.69) is 10.2 Å². The molecule has 2 atom stereocenters. The molecular weight excluding hydrogens is 322 g/mol. The number of carboxylic acid groups (broad SMARTS) is 1. The summed E-state index contributed by atoms with van der Waals surface area (Å²) in [7, 11) is 0. The Morgan fingerprint density at radius 3 is 2.48 bits per heavy atom.